The summed E-state index contributed by atoms with van der Waals surface area (Å²) in [5.74, 6) is 0.00563. The van der Waals surface area contributed by atoms with Crippen molar-refractivity contribution in [2.45, 2.75) is 53.1 Å². The fourth-order valence-corrected chi connectivity index (χ4v) is 3.15. The first kappa shape index (κ1) is 23.3. The summed E-state index contributed by atoms with van der Waals surface area (Å²) in [6, 6.07) is 5.12. The first-order valence-corrected chi connectivity index (χ1v) is 10.3. The highest BCUT2D eigenvalue weighted by Gasteiger charge is 2.38. The normalized spacial score (nSPS) is 13.5. The standard InChI is InChI=1S/C18H26F3NO4S/c1-5-11-17(3,4)13-25-15-9-7-14(8-10-15)16(18(19,20)21)22-26-27(23,24)12-6-2/h7-10H,5-6,11-13H2,1-4H3/b22-16-. The van der Waals surface area contributed by atoms with Crippen LogP contribution in [0.2, 0.25) is 0 Å². The summed E-state index contributed by atoms with van der Waals surface area (Å²) in [6.45, 7) is 8.16. The number of alkyl halides is 3. The lowest BCUT2D eigenvalue weighted by Crippen LogP contribution is -2.25. The third-order valence-electron chi connectivity index (χ3n) is 3.65. The second kappa shape index (κ2) is 9.43. The molecule has 0 aliphatic rings. The van der Waals surface area contributed by atoms with Gasteiger partial charge in [-0.15, -0.1) is 0 Å². The molecule has 0 spiro atoms. The lowest BCUT2D eigenvalue weighted by Gasteiger charge is -2.24. The average Bonchev–Trinajstić information content (AvgIpc) is 2.53. The molecule has 0 aromatic heterocycles. The molecular weight excluding hydrogens is 383 g/mol. The van der Waals surface area contributed by atoms with Crippen LogP contribution in [0, 0.1) is 5.41 Å². The molecule has 154 valence electrons. The van der Waals surface area contributed by atoms with Crippen molar-refractivity contribution in [3.63, 3.8) is 0 Å². The van der Waals surface area contributed by atoms with Crippen LogP contribution in [0.25, 0.3) is 0 Å². The SMILES string of the molecule is CCCC(C)(C)COc1ccc(/C(=N/OS(=O)(=O)CCC)C(F)(F)F)cc1. The molecule has 1 aromatic rings. The van der Waals surface area contributed by atoms with Gasteiger partial charge in [-0.3, -0.25) is 4.28 Å². The maximum Gasteiger partial charge on any atom is 0.437 e. The predicted molar refractivity (Wildman–Crippen MR) is 98.4 cm³/mol. The Balaban J connectivity index is 2.96. The molecule has 0 amide bonds. The second-order valence-corrected chi connectivity index (χ2v) is 8.67. The summed E-state index contributed by atoms with van der Waals surface area (Å²) in [5.41, 5.74) is -1.78. The molecule has 9 heteroatoms. The van der Waals surface area contributed by atoms with Crippen LogP contribution in [0.4, 0.5) is 13.2 Å². The van der Waals surface area contributed by atoms with Gasteiger partial charge in [0.2, 0.25) is 0 Å². The van der Waals surface area contributed by atoms with Crippen molar-refractivity contribution in [3.05, 3.63) is 29.8 Å². The number of benzene rings is 1. The maximum absolute atomic E-state index is 13.2. The quantitative estimate of drug-likeness (QED) is 0.407. The topological polar surface area (TPSA) is 65.0 Å². The molecule has 0 saturated heterocycles. The number of oxime groups is 1. The number of hydrogen-bond acceptors (Lipinski definition) is 5. The fraction of sp³-hybridized carbons (Fsp3) is 0.611. The summed E-state index contributed by atoms with van der Waals surface area (Å²) < 4.78 is 72.4. The minimum Gasteiger partial charge on any atom is -0.493 e. The number of hydrogen-bond donors (Lipinski definition) is 0. The molecule has 0 aliphatic carbocycles. The molecule has 0 heterocycles. The Morgan fingerprint density at radius 3 is 2.15 bits per heavy atom. The molecule has 0 fully saturated rings. The Morgan fingerprint density at radius 1 is 1.07 bits per heavy atom. The molecule has 0 unspecified atom stereocenters. The minimum atomic E-state index is -4.87. The third-order valence-corrected chi connectivity index (χ3v) is 4.86. The van der Waals surface area contributed by atoms with Crippen LogP contribution in [0.15, 0.2) is 29.4 Å². The van der Waals surface area contributed by atoms with Crippen molar-refractivity contribution < 1.29 is 30.6 Å². The van der Waals surface area contributed by atoms with Crippen molar-refractivity contribution in [3.8, 4) is 5.75 Å². The summed E-state index contributed by atoms with van der Waals surface area (Å²) in [4.78, 5) is 0. The maximum atomic E-state index is 13.2. The fourth-order valence-electron chi connectivity index (χ4n) is 2.39. The van der Waals surface area contributed by atoms with E-state index in [9.17, 15) is 21.6 Å². The molecule has 0 bridgehead atoms. The van der Waals surface area contributed by atoms with Crippen LogP contribution in [0.3, 0.4) is 0 Å². The first-order valence-electron chi connectivity index (χ1n) is 8.70. The Kier molecular flexibility index (Phi) is 8.13. The molecule has 0 atom stereocenters. The number of halogens is 3. The molecule has 1 rings (SSSR count). The number of nitrogens with zero attached hydrogens (tertiary/aromatic N) is 1. The van der Waals surface area contributed by atoms with Gasteiger partial charge in [0.1, 0.15) is 5.75 Å². The Bertz CT molecular complexity index is 726. The monoisotopic (exact) mass is 409 g/mol. The Morgan fingerprint density at radius 2 is 1.67 bits per heavy atom. The van der Waals surface area contributed by atoms with E-state index in [-0.39, 0.29) is 17.4 Å². The van der Waals surface area contributed by atoms with Crippen LogP contribution >= 0.6 is 0 Å². The van der Waals surface area contributed by atoms with E-state index in [2.05, 4.69) is 16.4 Å². The zero-order valence-electron chi connectivity index (χ0n) is 16.0. The summed E-state index contributed by atoms with van der Waals surface area (Å²) in [5, 5.41) is 2.86. The summed E-state index contributed by atoms with van der Waals surface area (Å²) >= 11 is 0. The molecule has 27 heavy (non-hydrogen) atoms. The van der Waals surface area contributed by atoms with E-state index >= 15 is 0 Å². The highest BCUT2D eigenvalue weighted by atomic mass is 32.2. The largest absolute Gasteiger partial charge is 0.493 e. The summed E-state index contributed by atoms with van der Waals surface area (Å²) in [6.07, 6.45) is -2.70. The highest BCUT2D eigenvalue weighted by molar-refractivity contribution is 7.86. The van der Waals surface area contributed by atoms with Gasteiger partial charge >= 0.3 is 16.3 Å². The minimum absolute atomic E-state index is 0.0481. The van der Waals surface area contributed by atoms with E-state index in [0.717, 1.165) is 12.8 Å². The van der Waals surface area contributed by atoms with Crippen LogP contribution in [0.5, 0.6) is 5.75 Å². The van der Waals surface area contributed by atoms with Crippen LogP contribution in [-0.4, -0.2) is 32.7 Å². The zero-order valence-corrected chi connectivity index (χ0v) is 16.8. The Hall–Kier alpha value is -1.77. The molecule has 0 N–H and O–H groups in total. The first-order chi connectivity index (χ1) is 12.4. The smallest absolute Gasteiger partial charge is 0.437 e. The van der Waals surface area contributed by atoms with Crippen molar-refractivity contribution in [1.29, 1.82) is 0 Å². The number of rotatable bonds is 10. The van der Waals surface area contributed by atoms with Gasteiger partial charge in [-0.2, -0.15) is 21.6 Å². The van der Waals surface area contributed by atoms with Crippen LogP contribution < -0.4 is 4.74 Å². The van der Waals surface area contributed by atoms with Gasteiger partial charge in [-0.05, 0) is 42.5 Å². The zero-order chi connectivity index (χ0) is 20.7. The molecule has 0 aliphatic heterocycles. The van der Waals surface area contributed by atoms with E-state index in [0.29, 0.717) is 12.4 Å². The van der Waals surface area contributed by atoms with Gasteiger partial charge in [0.15, 0.2) is 5.71 Å². The van der Waals surface area contributed by atoms with E-state index in [1.807, 2.05) is 13.8 Å². The highest BCUT2D eigenvalue weighted by Crippen LogP contribution is 2.27. The number of ether oxygens (including phenoxy) is 1. The van der Waals surface area contributed by atoms with E-state index in [1.54, 1.807) is 6.92 Å². The van der Waals surface area contributed by atoms with Gasteiger partial charge in [-0.25, -0.2) is 0 Å². The van der Waals surface area contributed by atoms with Gasteiger partial charge in [0.25, 0.3) is 0 Å². The lowest BCUT2D eigenvalue weighted by molar-refractivity contribution is -0.0597. The third kappa shape index (κ3) is 8.19. The molecule has 0 radical (unpaired) electrons. The van der Waals surface area contributed by atoms with Crippen molar-refractivity contribution >= 4 is 15.8 Å². The van der Waals surface area contributed by atoms with Crippen molar-refractivity contribution in [2.24, 2.45) is 10.6 Å². The van der Waals surface area contributed by atoms with Crippen LogP contribution in [0.1, 0.15) is 52.5 Å². The molecule has 0 saturated carbocycles. The van der Waals surface area contributed by atoms with Gasteiger partial charge in [0.05, 0.1) is 12.4 Å². The van der Waals surface area contributed by atoms with Crippen molar-refractivity contribution in [2.75, 3.05) is 12.4 Å². The molecule has 5 nitrogen and oxygen atoms in total. The molecule has 1 aromatic carbocycles. The second-order valence-electron chi connectivity index (χ2n) is 7.00. The van der Waals surface area contributed by atoms with Gasteiger partial charge in [-0.1, -0.05) is 39.3 Å². The van der Waals surface area contributed by atoms with Gasteiger partial charge in [0, 0.05) is 5.56 Å². The predicted octanol–water partition coefficient (Wildman–Crippen LogP) is 4.91. The average molecular weight is 409 g/mol. The lowest BCUT2D eigenvalue weighted by atomic mass is 9.89. The molecular formula is C18H26F3NO4S. The van der Waals surface area contributed by atoms with E-state index < -0.39 is 27.8 Å². The van der Waals surface area contributed by atoms with Gasteiger partial charge < -0.3 is 4.74 Å². The summed E-state index contributed by atoms with van der Waals surface area (Å²) in [7, 11) is -4.15. The van der Waals surface area contributed by atoms with Crippen molar-refractivity contribution in [1.82, 2.24) is 0 Å². The van der Waals surface area contributed by atoms with E-state index in [1.165, 1.54) is 24.3 Å². The Labute approximate surface area is 158 Å². The van der Waals surface area contributed by atoms with Crippen LogP contribution in [-0.2, 0) is 14.4 Å². The van der Waals surface area contributed by atoms with E-state index in [4.69, 9.17) is 4.74 Å².